The zero-order valence-electron chi connectivity index (χ0n) is 18.2. The summed E-state index contributed by atoms with van der Waals surface area (Å²) in [5.74, 6) is -0.309. The second-order valence-corrected chi connectivity index (χ2v) is 9.31. The molecule has 160 valence electrons. The number of aromatic nitrogens is 1. The first-order chi connectivity index (χ1) is 15.2. The predicted octanol–water partition coefficient (Wildman–Crippen LogP) is 3.15. The number of amides is 1. The Morgan fingerprint density at radius 2 is 1.88 bits per heavy atom. The molecule has 0 saturated carbocycles. The van der Waals surface area contributed by atoms with E-state index in [9.17, 15) is 14.9 Å². The molecular formula is C25H23N5O2. The van der Waals surface area contributed by atoms with Gasteiger partial charge in [0.25, 0.3) is 0 Å². The monoisotopic (exact) mass is 425 g/mol. The average Bonchev–Trinajstić information content (AvgIpc) is 2.97. The van der Waals surface area contributed by atoms with Crippen molar-refractivity contribution in [1.29, 1.82) is 5.26 Å². The van der Waals surface area contributed by atoms with Crippen molar-refractivity contribution in [2.75, 3.05) is 16.8 Å². The van der Waals surface area contributed by atoms with E-state index >= 15 is 0 Å². The molecule has 3 aliphatic rings. The van der Waals surface area contributed by atoms with Crippen molar-refractivity contribution in [3.63, 3.8) is 0 Å². The van der Waals surface area contributed by atoms with Gasteiger partial charge in [0.2, 0.25) is 5.91 Å². The minimum Gasteiger partial charge on any atom is -0.384 e. The number of carbonyl (C=O) groups excluding carboxylic acids is 2. The number of nitriles is 1. The van der Waals surface area contributed by atoms with E-state index < -0.39 is 5.41 Å². The molecule has 1 atom stereocenters. The zero-order chi connectivity index (χ0) is 22.8. The van der Waals surface area contributed by atoms with Gasteiger partial charge in [-0.3, -0.25) is 19.5 Å². The van der Waals surface area contributed by atoms with E-state index in [4.69, 9.17) is 5.73 Å². The number of fused-ring (bicyclic) bond motifs is 3. The van der Waals surface area contributed by atoms with E-state index in [1.165, 1.54) is 4.90 Å². The molecule has 7 nitrogen and oxygen atoms in total. The summed E-state index contributed by atoms with van der Waals surface area (Å²) >= 11 is 0. The van der Waals surface area contributed by atoms with Crippen LogP contribution in [0.1, 0.15) is 32.3 Å². The van der Waals surface area contributed by atoms with Gasteiger partial charge < -0.3 is 10.6 Å². The standard InChI is InChI=1S/C25H23N5O2/c1-24(2)11-19-21(20(31)12-24)25(16-8-4-5-9-18(16)29(3)23(25)32)17(13-26)22(27)30(19)15-7-6-10-28-14-15/h4-10,14H,11-12,27H2,1-3H3/t25-/m0/s1. The Balaban J connectivity index is 1.93. The molecule has 2 N–H and O–H groups in total. The summed E-state index contributed by atoms with van der Waals surface area (Å²) in [4.78, 5) is 35.2. The number of nitrogens with zero attached hydrogens (tertiary/aromatic N) is 4. The number of anilines is 2. The van der Waals surface area contributed by atoms with Gasteiger partial charge in [0.1, 0.15) is 17.3 Å². The lowest BCUT2D eigenvalue weighted by molar-refractivity contribution is -0.124. The Kier molecular flexibility index (Phi) is 4.09. The maximum Gasteiger partial charge on any atom is 0.247 e. The quantitative estimate of drug-likeness (QED) is 0.753. The summed E-state index contributed by atoms with van der Waals surface area (Å²) in [6, 6.07) is 13.1. The lowest BCUT2D eigenvalue weighted by Crippen LogP contribution is -2.53. The predicted molar refractivity (Wildman–Crippen MR) is 120 cm³/mol. The van der Waals surface area contributed by atoms with Gasteiger partial charge in [0.05, 0.1) is 17.5 Å². The topological polar surface area (TPSA) is 103 Å². The minimum absolute atomic E-state index is 0.0787. The number of likely N-dealkylation sites (N-methyl/N-ethyl adjacent to an activating group) is 1. The Labute approximate surface area is 186 Å². The average molecular weight is 425 g/mol. The number of nitrogens with two attached hydrogens (primary N) is 1. The number of allylic oxidation sites excluding steroid dienone is 1. The summed E-state index contributed by atoms with van der Waals surface area (Å²) < 4.78 is 0. The largest absolute Gasteiger partial charge is 0.384 e. The van der Waals surface area contributed by atoms with Crippen molar-refractivity contribution in [3.8, 4) is 6.07 Å². The molecule has 0 bridgehead atoms. The van der Waals surface area contributed by atoms with Crippen LogP contribution in [0.3, 0.4) is 0 Å². The smallest absolute Gasteiger partial charge is 0.247 e. The zero-order valence-corrected chi connectivity index (χ0v) is 18.2. The van der Waals surface area contributed by atoms with E-state index in [2.05, 4.69) is 11.1 Å². The Morgan fingerprint density at radius 3 is 2.56 bits per heavy atom. The summed E-state index contributed by atoms with van der Waals surface area (Å²) in [6.07, 6.45) is 4.11. The van der Waals surface area contributed by atoms with Crippen LogP contribution < -0.4 is 15.5 Å². The van der Waals surface area contributed by atoms with E-state index in [1.54, 1.807) is 30.4 Å². The van der Waals surface area contributed by atoms with Crippen LogP contribution in [0.25, 0.3) is 0 Å². The molecule has 5 rings (SSSR count). The van der Waals surface area contributed by atoms with Crippen molar-refractivity contribution in [2.24, 2.45) is 11.1 Å². The van der Waals surface area contributed by atoms with Crippen LogP contribution in [0.2, 0.25) is 0 Å². The number of Topliss-reactive ketones (excluding diaryl/α,β-unsaturated/α-hetero) is 1. The maximum atomic E-state index is 13.9. The number of carbonyl (C=O) groups is 2. The molecule has 1 aromatic heterocycles. The van der Waals surface area contributed by atoms with E-state index in [0.717, 1.165) is 0 Å². The van der Waals surface area contributed by atoms with Crippen molar-refractivity contribution >= 4 is 23.1 Å². The summed E-state index contributed by atoms with van der Waals surface area (Å²) in [6.45, 7) is 4.05. The Morgan fingerprint density at radius 1 is 1.12 bits per heavy atom. The van der Waals surface area contributed by atoms with Gasteiger partial charge in [0, 0.05) is 42.2 Å². The second-order valence-electron chi connectivity index (χ2n) is 9.31. The van der Waals surface area contributed by atoms with Gasteiger partial charge in [-0.2, -0.15) is 5.26 Å². The highest BCUT2D eigenvalue weighted by atomic mass is 16.2. The third kappa shape index (κ3) is 2.38. The number of ketones is 1. The van der Waals surface area contributed by atoms with E-state index in [0.29, 0.717) is 34.6 Å². The third-order valence-electron chi connectivity index (χ3n) is 6.68. The highest BCUT2D eigenvalue weighted by molar-refractivity contribution is 6.20. The van der Waals surface area contributed by atoms with Gasteiger partial charge in [-0.1, -0.05) is 32.0 Å². The number of pyridine rings is 1. The lowest BCUT2D eigenvalue weighted by atomic mass is 9.60. The van der Waals surface area contributed by atoms with Crippen LogP contribution >= 0.6 is 0 Å². The molecule has 1 aliphatic carbocycles. The number of rotatable bonds is 1. The lowest BCUT2D eigenvalue weighted by Gasteiger charge is -2.46. The second kappa shape index (κ2) is 6.54. The van der Waals surface area contributed by atoms with Crippen molar-refractivity contribution < 1.29 is 9.59 Å². The van der Waals surface area contributed by atoms with Gasteiger partial charge >= 0.3 is 0 Å². The molecule has 2 aromatic rings. The fourth-order valence-corrected chi connectivity index (χ4v) is 5.44. The molecule has 0 fully saturated rings. The highest BCUT2D eigenvalue weighted by Crippen LogP contribution is 2.58. The fraction of sp³-hybridized carbons (Fsp3) is 0.280. The fourth-order valence-electron chi connectivity index (χ4n) is 5.44. The minimum atomic E-state index is -1.54. The summed E-state index contributed by atoms with van der Waals surface area (Å²) in [5, 5.41) is 10.3. The number of hydrogen-bond donors (Lipinski definition) is 1. The molecule has 3 heterocycles. The molecule has 1 spiro atoms. The van der Waals surface area contributed by atoms with E-state index in [-0.39, 0.29) is 34.9 Å². The number of benzene rings is 1. The first-order valence-electron chi connectivity index (χ1n) is 10.5. The van der Waals surface area contributed by atoms with Gasteiger partial charge in [-0.25, -0.2) is 0 Å². The van der Waals surface area contributed by atoms with Crippen LogP contribution in [-0.2, 0) is 15.0 Å². The molecule has 0 radical (unpaired) electrons. The first kappa shape index (κ1) is 20.0. The number of hydrogen-bond acceptors (Lipinski definition) is 6. The SMILES string of the molecule is CN1C(=O)[C@]2(C(C#N)=C(N)N(c3cccnc3)C3=C2C(=O)CC(C)(C)C3)c2ccccc21. The first-order valence-corrected chi connectivity index (χ1v) is 10.5. The van der Waals surface area contributed by atoms with Crippen LogP contribution in [0, 0.1) is 16.7 Å². The van der Waals surface area contributed by atoms with Gasteiger partial charge in [-0.05, 0) is 30.0 Å². The number of para-hydroxylation sites is 1. The molecule has 1 aromatic carbocycles. The molecule has 0 unspecified atom stereocenters. The van der Waals surface area contributed by atoms with Crippen molar-refractivity contribution in [1.82, 2.24) is 4.98 Å². The molecule has 7 heteroatoms. The van der Waals surface area contributed by atoms with Crippen LogP contribution in [0.15, 0.2) is 71.5 Å². The molecule has 0 saturated heterocycles. The highest BCUT2D eigenvalue weighted by Gasteiger charge is 2.62. The van der Waals surface area contributed by atoms with E-state index in [1.807, 2.05) is 44.2 Å². The molecule has 32 heavy (non-hydrogen) atoms. The van der Waals surface area contributed by atoms with Crippen molar-refractivity contribution in [3.05, 3.63) is 77.0 Å². The third-order valence-corrected chi connectivity index (χ3v) is 6.68. The molecular weight excluding hydrogens is 402 g/mol. The van der Waals surface area contributed by atoms with Gasteiger partial charge in [0.15, 0.2) is 5.78 Å². The Hall–Kier alpha value is -3.92. The Bertz CT molecular complexity index is 1280. The molecule has 2 aliphatic heterocycles. The van der Waals surface area contributed by atoms with Crippen LogP contribution in [-0.4, -0.2) is 23.7 Å². The van der Waals surface area contributed by atoms with Crippen molar-refractivity contribution in [2.45, 2.75) is 32.1 Å². The molecule has 1 amide bonds. The summed E-state index contributed by atoms with van der Waals surface area (Å²) in [5.41, 5.74) is 7.85. The maximum absolute atomic E-state index is 13.9. The van der Waals surface area contributed by atoms with Crippen LogP contribution in [0.5, 0.6) is 0 Å². The normalized spacial score (nSPS) is 24.1. The van der Waals surface area contributed by atoms with Crippen LogP contribution in [0.4, 0.5) is 11.4 Å². The van der Waals surface area contributed by atoms with Gasteiger partial charge in [-0.15, -0.1) is 0 Å². The summed E-state index contributed by atoms with van der Waals surface area (Å²) in [7, 11) is 1.67.